The van der Waals surface area contributed by atoms with Crippen LogP contribution in [0.3, 0.4) is 0 Å². The van der Waals surface area contributed by atoms with Crippen molar-refractivity contribution in [2.75, 3.05) is 5.75 Å². The van der Waals surface area contributed by atoms with Crippen molar-refractivity contribution in [1.29, 1.82) is 0 Å². The van der Waals surface area contributed by atoms with Crippen molar-refractivity contribution >= 4 is 17.7 Å². The van der Waals surface area contributed by atoms with Crippen LogP contribution in [0.5, 0.6) is 0 Å². The minimum atomic E-state index is -0.334. The Balaban J connectivity index is 2.71. The SMILES string of the molecule is Cc1cc(SCC(N)=O)nc(C)n1. The number of nitrogens with two attached hydrogens (primary N) is 1. The molecule has 0 saturated carbocycles. The lowest BCUT2D eigenvalue weighted by molar-refractivity contribution is -0.115. The molecule has 13 heavy (non-hydrogen) atoms. The maximum atomic E-state index is 10.5. The van der Waals surface area contributed by atoms with Crippen LogP contribution in [-0.4, -0.2) is 21.6 Å². The molecule has 0 spiro atoms. The van der Waals surface area contributed by atoms with Crippen LogP contribution in [0.2, 0.25) is 0 Å². The van der Waals surface area contributed by atoms with E-state index in [9.17, 15) is 4.79 Å². The summed E-state index contributed by atoms with van der Waals surface area (Å²) < 4.78 is 0. The van der Waals surface area contributed by atoms with Crippen LogP contribution in [-0.2, 0) is 4.79 Å². The van der Waals surface area contributed by atoms with Gasteiger partial charge in [-0.2, -0.15) is 0 Å². The summed E-state index contributed by atoms with van der Waals surface area (Å²) in [4.78, 5) is 18.8. The van der Waals surface area contributed by atoms with E-state index >= 15 is 0 Å². The molecule has 70 valence electrons. The summed E-state index contributed by atoms with van der Waals surface area (Å²) in [6, 6.07) is 1.83. The van der Waals surface area contributed by atoms with Crippen LogP contribution >= 0.6 is 11.8 Å². The van der Waals surface area contributed by atoms with E-state index in [0.29, 0.717) is 5.82 Å². The van der Waals surface area contributed by atoms with Gasteiger partial charge in [0.05, 0.1) is 5.75 Å². The lowest BCUT2D eigenvalue weighted by atomic mass is 10.4. The van der Waals surface area contributed by atoms with Gasteiger partial charge in [0.1, 0.15) is 10.9 Å². The molecule has 1 aromatic heterocycles. The second-order valence-corrected chi connectivity index (χ2v) is 3.65. The van der Waals surface area contributed by atoms with Gasteiger partial charge in [-0.25, -0.2) is 9.97 Å². The topological polar surface area (TPSA) is 68.9 Å². The number of carbonyl (C=O) groups is 1. The number of hydrogen-bond acceptors (Lipinski definition) is 4. The van der Waals surface area contributed by atoms with Crippen LogP contribution in [0.15, 0.2) is 11.1 Å². The van der Waals surface area contributed by atoms with Gasteiger partial charge in [0.2, 0.25) is 5.91 Å². The van der Waals surface area contributed by atoms with Gasteiger partial charge in [0.25, 0.3) is 0 Å². The molecule has 0 saturated heterocycles. The molecule has 0 aromatic carbocycles. The molecule has 1 amide bonds. The van der Waals surface area contributed by atoms with Crippen LogP contribution in [0, 0.1) is 13.8 Å². The zero-order valence-electron chi connectivity index (χ0n) is 7.57. The van der Waals surface area contributed by atoms with Gasteiger partial charge in [0, 0.05) is 5.69 Å². The highest BCUT2D eigenvalue weighted by atomic mass is 32.2. The van der Waals surface area contributed by atoms with E-state index < -0.39 is 0 Å². The molecule has 1 rings (SSSR count). The van der Waals surface area contributed by atoms with E-state index in [4.69, 9.17) is 5.73 Å². The molecule has 4 nitrogen and oxygen atoms in total. The third-order valence-electron chi connectivity index (χ3n) is 1.30. The summed E-state index contributed by atoms with van der Waals surface area (Å²) in [6.45, 7) is 3.71. The monoisotopic (exact) mass is 197 g/mol. The molecule has 1 aromatic rings. The number of hydrogen-bond donors (Lipinski definition) is 1. The average molecular weight is 197 g/mol. The van der Waals surface area contributed by atoms with Crippen LogP contribution < -0.4 is 5.73 Å². The largest absolute Gasteiger partial charge is 0.369 e. The summed E-state index contributed by atoms with van der Waals surface area (Å²) in [5, 5.41) is 0.795. The predicted molar refractivity (Wildman–Crippen MR) is 51.4 cm³/mol. The number of nitrogens with zero attached hydrogens (tertiary/aromatic N) is 2. The second kappa shape index (κ2) is 4.23. The van der Waals surface area contributed by atoms with E-state index in [1.807, 2.05) is 19.9 Å². The van der Waals surface area contributed by atoms with Crippen molar-refractivity contribution in [2.45, 2.75) is 18.9 Å². The summed E-state index contributed by atoms with van der Waals surface area (Å²) in [5.41, 5.74) is 5.92. The van der Waals surface area contributed by atoms with Crippen molar-refractivity contribution < 1.29 is 4.79 Å². The lowest BCUT2D eigenvalue weighted by Crippen LogP contribution is -2.13. The summed E-state index contributed by atoms with van der Waals surface area (Å²) >= 11 is 1.33. The zero-order valence-corrected chi connectivity index (χ0v) is 8.39. The average Bonchev–Trinajstić information content (AvgIpc) is 1.99. The number of aryl methyl sites for hydroxylation is 2. The van der Waals surface area contributed by atoms with Crippen molar-refractivity contribution in [3.05, 3.63) is 17.6 Å². The third kappa shape index (κ3) is 3.42. The Kier molecular flexibility index (Phi) is 3.25. The number of aromatic nitrogens is 2. The van der Waals surface area contributed by atoms with Gasteiger partial charge in [-0.3, -0.25) is 4.79 Å². The first-order chi connectivity index (χ1) is 6.08. The molecular weight excluding hydrogens is 186 g/mol. The van der Waals surface area contributed by atoms with Crippen molar-refractivity contribution in [3.63, 3.8) is 0 Å². The number of amides is 1. The van der Waals surface area contributed by atoms with E-state index in [0.717, 1.165) is 10.7 Å². The Morgan fingerprint density at radius 2 is 2.23 bits per heavy atom. The molecule has 0 bridgehead atoms. The molecule has 0 aliphatic heterocycles. The lowest BCUT2D eigenvalue weighted by Gasteiger charge is -2.00. The fourth-order valence-corrected chi connectivity index (χ4v) is 1.64. The maximum absolute atomic E-state index is 10.5. The van der Waals surface area contributed by atoms with Crippen molar-refractivity contribution in [3.8, 4) is 0 Å². The smallest absolute Gasteiger partial charge is 0.227 e. The highest BCUT2D eigenvalue weighted by molar-refractivity contribution is 7.99. The Labute approximate surface area is 81.0 Å². The van der Waals surface area contributed by atoms with Gasteiger partial charge in [-0.05, 0) is 19.9 Å². The van der Waals surface area contributed by atoms with E-state index in [1.54, 1.807) is 0 Å². The van der Waals surface area contributed by atoms with E-state index in [-0.39, 0.29) is 11.7 Å². The minimum absolute atomic E-state index is 0.260. The summed E-state index contributed by atoms with van der Waals surface area (Å²) in [6.07, 6.45) is 0. The Hall–Kier alpha value is -1.10. The van der Waals surface area contributed by atoms with Crippen LogP contribution in [0.25, 0.3) is 0 Å². The van der Waals surface area contributed by atoms with E-state index in [2.05, 4.69) is 9.97 Å². The van der Waals surface area contributed by atoms with Crippen LogP contribution in [0.4, 0.5) is 0 Å². The molecule has 5 heteroatoms. The van der Waals surface area contributed by atoms with Gasteiger partial charge in [-0.1, -0.05) is 11.8 Å². The minimum Gasteiger partial charge on any atom is -0.369 e. The Morgan fingerprint density at radius 1 is 1.54 bits per heavy atom. The van der Waals surface area contributed by atoms with Gasteiger partial charge >= 0.3 is 0 Å². The Morgan fingerprint density at radius 3 is 2.77 bits per heavy atom. The molecule has 0 unspecified atom stereocenters. The first-order valence-corrected chi connectivity index (χ1v) is 4.80. The van der Waals surface area contributed by atoms with E-state index in [1.165, 1.54) is 11.8 Å². The molecule has 0 aliphatic rings. The molecule has 1 heterocycles. The molecule has 0 fully saturated rings. The second-order valence-electron chi connectivity index (χ2n) is 2.65. The maximum Gasteiger partial charge on any atom is 0.227 e. The molecular formula is C8H11N3OS. The number of primary amides is 1. The third-order valence-corrected chi connectivity index (χ3v) is 2.24. The normalized spacial score (nSPS) is 10.0. The standard InChI is InChI=1S/C8H11N3OS/c1-5-3-8(11-6(2)10-5)13-4-7(9)12/h3H,4H2,1-2H3,(H2,9,12). The number of thioether (sulfide) groups is 1. The summed E-state index contributed by atoms with van der Waals surface area (Å²) in [7, 11) is 0. The number of rotatable bonds is 3. The van der Waals surface area contributed by atoms with Crippen LogP contribution in [0.1, 0.15) is 11.5 Å². The zero-order chi connectivity index (χ0) is 9.84. The van der Waals surface area contributed by atoms with Crippen molar-refractivity contribution in [2.24, 2.45) is 5.73 Å². The van der Waals surface area contributed by atoms with Gasteiger partial charge in [-0.15, -0.1) is 0 Å². The van der Waals surface area contributed by atoms with Gasteiger partial charge < -0.3 is 5.73 Å². The molecule has 2 N–H and O–H groups in total. The fourth-order valence-electron chi connectivity index (χ4n) is 0.902. The molecule has 0 radical (unpaired) electrons. The van der Waals surface area contributed by atoms with Gasteiger partial charge in [0.15, 0.2) is 0 Å². The summed E-state index contributed by atoms with van der Waals surface area (Å²) in [5.74, 6) is 0.640. The predicted octanol–water partition coefficient (Wildman–Crippen LogP) is 0.671. The first kappa shape index (κ1) is 9.98. The first-order valence-electron chi connectivity index (χ1n) is 3.81. The number of carbonyl (C=O) groups excluding carboxylic acids is 1. The quantitative estimate of drug-likeness (QED) is 0.571. The molecule has 0 atom stereocenters. The molecule has 0 aliphatic carbocycles. The highest BCUT2D eigenvalue weighted by Gasteiger charge is 2.01. The van der Waals surface area contributed by atoms with Crippen molar-refractivity contribution in [1.82, 2.24) is 9.97 Å². The fraction of sp³-hybridized carbons (Fsp3) is 0.375. The Bertz CT molecular complexity index is 307. The highest BCUT2D eigenvalue weighted by Crippen LogP contribution is 2.15.